The van der Waals surface area contributed by atoms with Gasteiger partial charge < -0.3 is 10.5 Å². The molecule has 0 aliphatic carbocycles. The Kier molecular flexibility index (Phi) is 5.15. The number of aromatic nitrogens is 3. The number of hydrogen-bond acceptors (Lipinski definition) is 5. The van der Waals surface area contributed by atoms with Crippen molar-refractivity contribution in [3.8, 4) is 0 Å². The van der Waals surface area contributed by atoms with Crippen LogP contribution in [0.5, 0.6) is 0 Å². The van der Waals surface area contributed by atoms with Crippen LogP contribution in [0.2, 0.25) is 10.3 Å². The van der Waals surface area contributed by atoms with Crippen LogP contribution < -0.4 is 15.4 Å². The average Bonchev–Trinajstić information content (AvgIpc) is 2.52. The van der Waals surface area contributed by atoms with Crippen molar-refractivity contribution in [2.24, 2.45) is 0 Å². The smallest absolute Gasteiger partial charge is 0.326 e. The maximum Gasteiger partial charge on any atom is 0.326 e. The van der Waals surface area contributed by atoms with Gasteiger partial charge in [-0.05, 0) is 37.0 Å². The first-order valence-corrected chi connectivity index (χ1v) is 7.15. The summed E-state index contributed by atoms with van der Waals surface area (Å²) in [7, 11) is 0. The van der Waals surface area contributed by atoms with E-state index >= 15 is 0 Å². The standard InChI is InChI=1S/C13H10Cl2FN5O3/c1-5-9(6(2)18-4-17-5)19-13(23)20-12(22)7-3-8(16)11(15)21(24)10(7)14/h3-4H,1-2H3,(H2,19,20,22,23). The highest BCUT2D eigenvalue weighted by Gasteiger charge is 2.25. The molecule has 11 heteroatoms. The molecular weight excluding hydrogens is 364 g/mol. The van der Waals surface area contributed by atoms with Crippen LogP contribution in [-0.4, -0.2) is 21.9 Å². The number of carbonyl (C=O) groups is 2. The Labute approximate surface area is 145 Å². The Balaban J connectivity index is 2.20. The summed E-state index contributed by atoms with van der Waals surface area (Å²) in [6.45, 7) is 3.27. The van der Waals surface area contributed by atoms with Crippen molar-refractivity contribution in [1.82, 2.24) is 15.3 Å². The van der Waals surface area contributed by atoms with Crippen LogP contribution in [0, 0.1) is 24.9 Å². The molecule has 0 radical (unpaired) electrons. The van der Waals surface area contributed by atoms with E-state index in [9.17, 15) is 19.2 Å². The second-order valence-corrected chi connectivity index (χ2v) is 5.33. The predicted molar refractivity (Wildman–Crippen MR) is 83.4 cm³/mol. The van der Waals surface area contributed by atoms with Crippen LogP contribution in [0.25, 0.3) is 0 Å². The van der Waals surface area contributed by atoms with Crippen molar-refractivity contribution in [2.75, 3.05) is 5.32 Å². The van der Waals surface area contributed by atoms with Gasteiger partial charge in [0.25, 0.3) is 5.91 Å². The zero-order valence-corrected chi connectivity index (χ0v) is 13.9. The van der Waals surface area contributed by atoms with Crippen LogP contribution in [0.15, 0.2) is 12.4 Å². The Bertz CT molecular complexity index is 827. The highest BCUT2D eigenvalue weighted by atomic mass is 35.5. The van der Waals surface area contributed by atoms with E-state index in [1.54, 1.807) is 13.8 Å². The van der Waals surface area contributed by atoms with E-state index in [1.807, 2.05) is 5.32 Å². The fraction of sp³-hybridized carbons (Fsp3) is 0.154. The number of pyridine rings is 1. The van der Waals surface area contributed by atoms with E-state index < -0.39 is 33.6 Å². The van der Waals surface area contributed by atoms with Gasteiger partial charge in [0.2, 0.25) is 5.82 Å². The minimum Gasteiger partial charge on any atom is -0.616 e. The first-order chi connectivity index (χ1) is 11.2. The number of hydrogen-bond donors (Lipinski definition) is 2. The molecule has 2 aromatic rings. The summed E-state index contributed by atoms with van der Waals surface area (Å²) in [4.78, 5) is 31.7. The second kappa shape index (κ2) is 6.93. The quantitative estimate of drug-likeness (QED) is 0.475. The number of carbonyl (C=O) groups excluding carboxylic acids is 2. The molecule has 0 saturated carbocycles. The van der Waals surface area contributed by atoms with Gasteiger partial charge in [0, 0.05) is 6.07 Å². The molecule has 0 spiro atoms. The topological polar surface area (TPSA) is 111 Å². The molecule has 0 aliphatic rings. The fourth-order valence-corrected chi connectivity index (χ4v) is 2.19. The molecule has 2 rings (SSSR count). The number of rotatable bonds is 2. The summed E-state index contributed by atoms with van der Waals surface area (Å²) >= 11 is 11.0. The zero-order chi connectivity index (χ0) is 18.0. The van der Waals surface area contributed by atoms with E-state index in [-0.39, 0.29) is 4.73 Å². The van der Waals surface area contributed by atoms with Crippen molar-refractivity contribution in [1.29, 1.82) is 0 Å². The van der Waals surface area contributed by atoms with Gasteiger partial charge in [-0.15, -0.1) is 4.73 Å². The molecule has 0 unspecified atom stereocenters. The SMILES string of the molecule is Cc1ncnc(C)c1NC(=O)NC(=O)c1cc(F)c(Cl)[n+]([O-])c1Cl. The normalized spacial score (nSPS) is 10.4. The number of urea groups is 1. The molecule has 24 heavy (non-hydrogen) atoms. The van der Waals surface area contributed by atoms with Gasteiger partial charge in [0.05, 0.1) is 17.1 Å². The number of anilines is 1. The molecule has 0 aromatic carbocycles. The Hall–Kier alpha value is -2.52. The summed E-state index contributed by atoms with van der Waals surface area (Å²) in [5, 5.41) is 14.3. The Morgan fingerprint density at radius 2 is 1.79 bits per heavy atom. The molecule has 2 heterocycles. The minimum absolute atomic E-state index is 0.162. The lowest BCUT2D eigenvalue weighted by molar-refractivity contribution is -0.602. The van der Waals surface area contributed by atoms with Gasteiger partial charge in [0.15, 0.2) is 0 Å². The number of nitrogens with zero attached hydrogens (tertiary/aromatic N) is 3. The van der Waals surface area contributed by atoms with Crippen LogP contribution in [-0.2, 0) is 0 Å². The summed E-state index contributed by atoms with van der Waals surface area (Å²) in [6.07, 6.45) is 1.32. The van der Waals surface area contributed by atoms with Gasteiger partial charge in [0.1, 0.15) is 11.9 Å². The van der Waals surface area contributed by atoms with E-state index in [0.717, 1.165) is 0 Å². The molecule has 0 atom stereocenters. The van der Waals surface area contributed by atoms with Gasteiger partial charge >= 0.3 is 16.3 Å². The molecule has 0 fully saturated rings. The minimum atomic E-state index is -1.15. The largest absolute Gasteiger partial charge is 0.616 e. The third kappa shape index (κ3) is 3.52. The van der Waals surface area contributed by atoms with E-state index in [4.69, 9.17) is 23.2 Å². The van der Waals surface area contributed by atoms with Gasteiger partial charge in [-0.3, -0.25) is 10.1 Å². The molecule has 0 bridgehead atoms. The lowest BCUT2D eigenvalue weighted by Crippen LogP contribution is -2.38. The molecular formula is C13H10Cl2FN5O3. The third-order valence-electron chi connectivity index (χ3n) is 2.98. The molecule has 0 saturated heterocycles. The summed E-state index contributed by atoms with van der Waals surface area (Å²) in [5.41, 5.74) is 0.743. The summed E-state index contributed by atoms with van der Waals surface area (Å²) in [5.74, 6) is -2.23. The number of aryl methyl sites for hydroxylation is 2. The fourth-order valence-electron chi connectivity index (χ4n) is 1.79. The lowest BCUT2D eigenvalue weighted by atomic mass is 10.2. The maximum absolute atomic E-state index is 13.5. The van der Waals surface area contributed by atoms with Crippen LogP contribution in [0.3, 0.4) is 0 Å². The van der Waals surface area contributed by atoms with E-state index in [0.29, 0.717) is 23.1 Å². The third-order valence-corrected chi connectivity index (χ3v) is 3.67. The zero-order valence-electron chi connectivity index (χ0n) is 12.4. The van der Waals surface area contributed by atoms with Crippen molar-refractivity contribution in [2.45, 2.75) is 13.8 Å². The van der Waals surface area contributed by atoms with E-state index in [1.165, 1.54) is 6.33 Å². The Morgan fingerprint density at radius 3 is 2.38 bits per heavy atom. The van der Waals surface area contributed by atoms with E-state index in [2.05, 4.69) is 15.3 Å². The summed E-state index contributed by atoms with van der Waals surface area (Å²) < 4.78 is 13.3. The molecule has 3 amide bonds. The van der Waals surface area contributed by atoms with Crippen molar-refractivity contribution in [3.05, 3.63) is 50.7 Å². The lowest BCUT2D eigenvalue weighted by Gasteiger charge is -2.11. The second-order valence-electron chi connectivity index (χ2n) is 4.61. The number of halogens is 3. The summed E-state index contributed by atoms with van der Waals surface area (Å²) in [6, 6.07) is -0.269. The van der Waals surface area contributed by atoms with Crippen molar-refractivity contribution in [3.63, 3.8) is 0 Å². The van der Waals surface area contributed by atoms with Crippen molar-refractivity contribution < 1.29 is 18.7 Å². The molecule has 126 valence electrons. The molecule has 0 aliphatic heterocycles. The van der Waals surface area contributed by atoms with Gasteiger partial charge in [-0.1, -0.05) is 0 Å². The number of imide groups is 1. The highest BCUT2D eigenvalue weighted by Crippen LogP contribution is 2.19. The van der Waals surface area contributed by atoms with Crippen molar-refractivity contribution >= 4 is 40.8 Å². The molecule has 8 nitrogen and oxygen atoms in total. The van der Waals surface area contributed by atoms with Gasteiger partial charge in [-0.2, -0.15) is 4.39 Å². The first kappa shape index (κ1) is 17.8. The average molecular weight is 374 g/mol. The van der Waals surface area contributed by atoms with Crippen LogP contribution in [0.1, 0.15) is 21.7 Å². The number of amides is 3. The highest BCUT2D eigenvalue weighted by molar-refractivity contribution is 6.33. The molecule has 2 aromatic heterocycles. The first-order valence-electron chi connectivity index (χ1n) is 6.40. The van der Waals surface area contributed by atoms with Gasteiger partial charge in [-0.25, -0.2) is 14.8 Å². The molecule has 2 N–H and O–H groups in total. The number of nitrogens with one attached hydrogen (secondary N) is 2. The maximum atomic E-state index is 13.5. The monoisotopic (exact) mass is 373 g/mol. The van der Waals surface area contributed by atoms with Crippen LogP contribution in [0.4, 0.5) is 14.9 Å². The predicted octanol–water partition coefficient (Wildman–Crippen LogP) is 2.13. The Morgan fingerprint density at radius 1 is 1.21 bits per heavy atom. The van der Waals surface area contributed by atoms with Crippen LogP contribution >= 0.6 is 23.2 Å².